The molecule has 3 rings (SSSR count). The van der Waals surface area contributed by atoms with E-state index >= 15 is 0 Å². The largest absolute Gasteiger partial charge is 0.304 e. The summed E-state index contributed by atoms with van der Waals surface area (Å²) < 4.78 is 0. The predicted octanol–water partition coefficient (Wildman–Crippen LogP) is 3.98. The first kappa shape index (κ1) is 22.5. The van der Waals surface area contributed by atoms with E-state index in [2.05, 4.69) is 47.2 Å². The molecule has 5 heteroatoms. The molecule has 1 aliphatic rings. The normalized spacial score (nSPS) is 15.4. The van der Waals surface area contributed by atoms with E-state index in [1.807, 2.05) is 36.4 Å². The molecule has 1 saturated heterocycles. The second-order valence-corrected chi connectivity index (χ2v) is 6.64. The minimum atomic E-state index is -0.578. The van der Waals surface area contributed by atoms with Crippen molar-refractivity contribution < 1.29 is 0 Å². The fourth-order valence-electron chi connectivity index (χ4n) is 3.48. The SMILES string of the molecule is CN1CCN(CCC(C#N)(c2ccccc2)c2ccccc2)CC1.Cl.Cl. The van der Waals surface area contributed by atoms with Gasteiger partial charge < -0.3 is 9.80 Å². The quantitative estimate of drug-likeness (QED) is 0.771. The molecule has 3 nitrogen and oxygen atoms in total. The van der Waals surface area contributed by atoms with Crippen LogP contribution in [0.5, 0.6) is 0 Å². The summed E-state index contributed by atoms with van der Waals surface area (Å²) in [6.07, 6.45) is 0.821. The maximum Gasteiger partial charge on any atom is 0.108 e. The third-order valence-electron chi connectivity index (χ3n) is 5.12. The zero-order valence-electron chi connectivity index (χ0n) is 15.2. The van der Waals surface area contributed by atoms with Crippen LogP contribution in [-0.4, -0.2) is 49.6 Å². The molecule has 0 radical (unpaired) electrons. The number of piperazine rings is 1. The molecule has 26 heavy (non-hydrogen) atoms. The first-order valence-electron chi connectivity index (χ1n) is 8.68. The van der Waals surface area contributed by atoms with Crippen molar-refractivity contribution in [3.63, 3.8) is 0 Å². The van der Waals surface area contributed by atoms with Gasteiger partial charge in [0.1, 0.15) is 5.41 Å². The number of likely N-dealkylation sites (N-methyl/N-ethyl adjacent to an activating group) is 1. The number of nitriles is 1. The Morgan fingerprint density at radius 3 is 1.73 bits per heavy atom. The summed E-state index contributed by atoms with van der Waals surface area (Å²) in [5.41, 5.74) is 1.60. The average molecular weight is 392 g/mol. The molecule has 1 aliphatic heterocycles. The maximum absolute atomic E-state index is 10.2. The molecular formula is C21H27Cl2N3. The van der Waals surface area contributed by atoms with Crippen LogP contribution in [0.4, 0.5) is 0 Å². The van der Waals surface area contributed by atoms with Crippen molar-refractivity contribution in [2.45, 2.75) is 11.8 Å². The zero-order chi connectivity index (χ0) is 16.8. The third kappa shape index (κ3) is 4.99. The summed E-state index contributed by atoms with van der Waals surface area (Å²) in [6, 6.07) is 23.1. The van der Waals surface area contributed by atoms with E-state index in [0.717, 1.165) is 50.3 Å². The molecule has 1 heterocycles. The minimum Gasteiger partial charge on any atom is -0.304 e. The molecule has 0 N–H and O–H groups in total. The van der Waals surface area contributed by atoms with Gasteiger partial charge >= 0.3 is 0 Å². The van der Waals surface area contributed by atoms with Crippen molar-refractivity contribution in [1.29, 1.82) is 5.26 Å². The van der Waals surface area contributed by atoms with Crippen LogP contribution < -0.4 is 0 Å². The Hall–Kier alpha value is -1.57. The van der Waals surface area contributed by atoms with Crippen molar-refractivity contribution in [2.24, 2.45) is 0 Å². The lowest BCUT2D eigenvalue weighted by Crippen LogP contribution is -2.46. The summed E-state index contributed by atoms with van der Waals surface area (Å²) in [6.45, 7) is 5.33. The molecule has 1 fully saturated rings. The Kier molecular flexibility index (Phi) is 9.12. The summed E-state index contributed by atoms with van der Waals surface area (Å²) in [5.74, 6) is 0. The number of hydrogen-bond donors (Lipinski definition) is 0. The summed E-state index contributed by atoms with van der Waals surface area (Å²) in [7, 11) is 2.17. The van der Waals surface area contributed by atoms with Crippen molar-refractivity contribution in [3.05, 3.63) is 71.8 Å². The molecule has 0 aromatic heterocycles. The second-order valence-electron chi connectivity index (χ2n) is 6.64. The lowest BCUT2D eigenvalue weighted by Gasteiger charge is -2.35. The first-order valence-corrected chi connectivity index (χ1v) is 8.68. The average Bonchev–Trinajstić information content (AvgIpc) is 2.66. The Morgan fingerprint density at radius 2 is 1.31 bits per heavy atom. The van der Waals surface area contributed by atoms with Gasteiger partial charge in [0.2, 0.25) is 0 Å². The van der Waals surface area contributed by atoms with E-state index in [9.17, 15) is 5.26 Å². The van der Waals surface area contributed by atoms with Crippen LogP contribution in [0, 0.1) is 11.3 Å². The minimum absolute atomic E-state index is 0. The maximum atomic E-state index is 10.2. The van der Waals surface area contributed by atoms with E-state index in [0.29, 0.717) is 0 Å². The highest BCUT2D eigenvalue weighted by Gasteiger charge is 2.34. The van der Waals surface area contributed by atoms with Gasteiger partial charge in [-0.3, -0.25) is 0 Å². The van der Waals surface area contributed by atoms with Crippen LogP contribution in [0.2, 0.25) is 0 Å². The molecule has 0 bridgehead atoms. The lowest BCUT2D eigenvalue weighted by atomic mass is 9.73. The highest BCUT2D eigenvalue weighted by Crippen LogP contribution is 2.35. The molecule has 0 aliphatic carbocycles. The Balaban J connectivity index is 0.00000169. The zero-order valence-corrected chi connectivity index (χ0v) is 16.8. The fourth-order valence-corrected chi connectivity index (χ4v) is 3.48. The molecule has 0 atom stereocenters. The van der Waals surface area contributed by atoms with E-state index in [1.54, 1.807) is 0 Å². The molecule has 2 aromatic rings. The first-order chi connectivity index (χ1) is 11.7. The van der Waals surface area contributed by atoms with Gasteiger partial charge in [0.05, 0.1) is 6.07 Å². The highest BCUT2D eigenvalue weighted by molar-refractivity contribution is 5.85. The number of halogens is 2. The number of nitrogens with zero attached hydrogens (tertiary/aromatic N) is 3. The van der Waals surface area contributed by atoms with Gasteiger partial charge in [0.15, 0.2) is 0 Å². The van der Waals surface area contributed by atoms with Crippen molar-refractivity contribution in [2.75, 3.05) is 39.8 Å². The lowest BCUT2D eigenvalue weighted by molar-refractivity contribution is 0.149. The van der Waals surface area contributed by atoms with Gasteiger partial charge in [-0.05, 0) is 24.6 Å². The molecular weight excluding hydrogens is 365 g/mol. The van der Waals surface area contributed by atoms with Crippen molar-refractivity contribution in [3.8, 4) is 6.07 Å². The molecule has 0 unspecified atom stereocenters. The number of hydrogen-bond acceptors (Lipinski definition) is 3. The van der Waals surface area contributed by atoms with Crippen LogP contribution in [0.1, 0.15) is 17.5 Å². The van der Waals surface area contributed by atoms with Crippen LogP contribution in [0.15, 0.2) is 60.7 Å². The monoisotopic (exact) mass is 391 g/mol. The molecule has 0 saturated carbocycles. The van der Waals surface area contributed by atoms with Crippen LogP contribution in [0.3, 0.4) is 0 Å². The van der Waals surface area contributed by atoms with Crippen LogP contribution in [-0.2, 0) is 5.41 Å². The van der Waals surface area contributed by atoms with E-state index in [4.69, 9.17) is 0 Å². The van der Waals surface area contributed by atoms with Crippen LogP contribution in [0.25, 0.3) is 0 Å². The van der Waals surface area contributed by atoms with Crippen LogP contribution >= 0.6 is 24.8 Å². The van der Waals surface area contributed by atoms with E-state index in [-0.39, 0.29) is 24.8 Å². The summed E-state index contributed by atoms with van der Waals surface area (Å²) in [4.78, 5) is 4.85. The summed E-state index contributed by atoms with van der Waals surface area (Å²) >= 11 is 0. The van der Waals surface area contributed by atoms with E-state index in [1.165, 1.54) is 0 Å². The second kappa shape index (κ2) is 10.5. The number of benzene rings is 2. The fraction of sp³-hybridized carbons (Fsp3) is 0.381. The third-order valence-corrected chi connectivity index (χ3v) is 5.12. The molecule has 0 amide bonds. The van der Waals surface area contributed by atoms with Gasteiger partial charge in [0.25, 0.3) is 0 Å². The van der Waals surface area contributed by atoms with Gasteiger partial charge in [-0.1, -0.05) is 60.7 Å². The molecule has 2 aromatic carbocycles. The number of rotatable bonds is 5. The Bertz CT molecular complexity index is 638. The van der Waals surface area contributed by atoms with Gasteiger partial charge in [-0.25, -0.2) is 0 Å². The Labute approximate surface area is 169 Å². The molecule has 140 valence electrons. The Morgan fingerprint density at radius 1 is 0.846 bits per heavy atom. The van der Waals surface area contributed by atoms with Gasteiger partial charge in [-0.2, -0.15) is 5.26 Å². The topological polar surface area (TPSA) is 30.3 Å². The molecule has 0 spiro atoms. The van der Waals surface area contributed by atoms with Gasteiger partial charge in [0, 0.05) is 32.7 Å². The van der Waals surface area contributed by atoms with Crippen molar-refractivity contribution in [1.82, 2.24) is 9.80 Å². The van der Waals surface area contributed by atoms with Gasteiger partial charge in [-0.15, -0.1) is 24.8 Å². The van der Waals surface area contributed by atoms with E-state index < -0.39 is 5.41 Å². The smallest absolute Gasteiger partial charge is 0.108 e. The van der Waals surface area contributed by atoms with Crippen molar-refractivity contribution >= 4 is 24.8 Å². The predicted molar refractivity (Wildman–Crippen MR) is 112 cm³/mol. The summed E-state index contributed by atoms with van der Waals surface area (Å²) in [5, 5.41) is 10.2. The highest BCUT2D eigenvalue weighted by atomic mass is 35.5. The standard InChI is InChI=1S/C21H25N3.2ClH/c1-23-14-16-24(17-15-23)13-12-21(18-22,19-8-4-2-5-9-19)20-10-6-3-7-11-20;;/h2-11H,12-17H2,1H3;2*1H.